The number of carbonyl (C=O) groups excluding carboxylic acids is 3. The van der Waals surface area contributed by atoms with Crippen molar-refractivity contribution in [3.8, 4) is 0 Å². The topological polar surface area (TPSA) is 88.5 Å². The van der Waals surface area contributed by atoms with Crippen LogP contribution < -0.4 is 0 Å². The fourth-order valence-corrected chi connectivity index (χ4v) is 2.90. The van der Waals surface area contributed by atoms with Crippen LogP contribution in [0.25, 0.3) is 0 Å². The summed E-state index contributed by atoms with van der Waals surface area (Å²) >= 11 is 0. The van der Waals surface area contributed by atoms with E-state index in [4.69, 9.17) is 0 Å². The van der Waals surface area contributed by atoms with E-state index in [9.17, 15) is 24.3 Å². The van der Waals surface area contributed by atoms with Crippen LogP contribution in [0.5, 0.6) is 0 Å². The van der Waals surface area contributed by atoms with Gasteiger partial charge in [0.15, 0.2) is 11.6 Å². The highest BCUT2D eigenvalue weighted by Crippen LogP contribution is 2.35. The van der Waals surface area contributed by atoms with Gasteiger partial charge in [0.05, 0.1) is 11.5 Å². The van der Waals surface area contributed by atoms with Crippen molar-refractivity contribution < 1.29 is 24.3 Å². The fraction of sp³-hybridized carbons (Fsp3) is 0.647. The Labute approximate surface area is 130 Å². The van der Waals surface area contributed by atoms with Crippen LogP contribution in [0.15, 0.2) is 11.1 Å². The second-order valence-corrected chi connectivity index (χ2v) is 7.00. The second-order valence-electron chi connectivity index (χ2n) is 7.00. The first kappa shape index (κ1) is 18.3. The summed E-state index contributed by atoms with van der Waals surface area (Å²) in [5.41, 5.74) is 0.369. The number of hydrogen-bond donors (Lipinski definition) is 1. The highest BCUT2D eigenvalue weighted by Gasteiger charge is 2.37. The second kappa shape index (κ2) is 6.99. The minimum Gasteiger partial charge on any atom is -0.481 e. The maximum absolute atomic E-state index is 12.2. The summed E-state index contributed by atoms with van der Waals surface area (Å²) < 4.78 is 0. The lowest BCUT2D eigenvalue weighted by atomic mass is 9.72. The molecule has 0 aromatic carbocycles. The number of carboxylic acid groups (broad SMARTS) is 1. The van der Waals surface area contributed by atoms with Crippen molar-refractivity contribution in [2.24, 2.45) is 11.3 Å². The van der Waals surface area contributed by atoms with Crippen molar-refractivity contribution in [3.05, 3.63) is 11.1 Å². The molecule has 0 spiro atoms. The molecule has 1 rings (SSSR count). The molecule has 0 amide bonds. The van der Waals surface area contributed by atoms with Gasteiger partial charge in [0, 0.05) is 19.3 Å². The van der Waals surface area contributed by atoms with Crippen molar-refractivity contribution in [2.45, 2.75) is 59.8 Å². The third-order valence-electron chi connectivity index (χ3n) is 4.01. The molecule has 0 heterocycles. The molecule has 1 fully saturated rings. The first-order chi connectivity index (χ1) is 10.0. The summed E-state index contributed by atoms with van der Waals surface area (Å²) in [7, 11) is 0. The minimum absolute atomic E-state index is 0.0666. The number of hydrogen-bond acceptors (Lipinski definition) is 4. The van der Waals surface area contributed by atoms with Crippen LogP contribution in [0.1, 0.15) is 59.8 Å². The molecule has 0 saturated heterocycles. The zero-order valence-electron chi connectivity index (χ0n) is 13.7. The van der Waals surface area contributed by atoms with Crippen LogP contribution in [-0.2, 0) is 19.2 Å². The lowest BCUT2D eigenvalue weighted by molar-refractivity contribution is -0.142. The van der Waals surface area contributed by atoms with Crippen molar-refractivity contribution in [1.29, 1.82) is 0 Å². The summed E-state index contributed by atoms with van der Waals surface area (Å²) in [5, 5.41) is 9.24. The molecule has 1 saturated carbocycles. The van der Waals surface area contributed by atoms with E-state index in [-0.39, 0.29) is 47.6 Å². The van der Waals surface area contributed by atoms with E-state index in [1.165, 1.54) is 6.92 Å². The van der Waals surface area contributed by atoms with Crippen molar-refractivity contribution in [1.82, 2.24) is 0 Å². The molecule has 0 radical (unpaired) electrons. The molecule has 0 aromatic heterocycles. The van der Waals surface area contributed by atoms with E-state index in [1.54, 1.807) is 6.92 Å². The van der Waals surface area contributed by atoms with Gasteiger partial charge >= 0.3 is 5.97 Å². The number of Topliss-reactive ketones (excluding diaryl/α,β-unsaturated/α-hetero) is 3. The van der Waals surface area contributed by atoms with Crippen LogP contribution in [-0.4, -0.2) is 28.4 Å². The van der Waals surface area contributed by atoms with Crippen LogP contribution in [0.2, 0.25) is 0 Å². The fourth-order valence-electron chi connectivity index (χ4n) is 2.90. The van der Waals surface area contributed by atoms with E-state index in [1.807, 2.05) is 13.8 Å². The molecule has 0 aliphatic heterocycles. The van der Waals surface area contributed by atoms with E-state index >= 15 is 0 Å². The highest BCUT2D eigenvalue weighted by atomic mass is 16.4. The summed E-state index contributed by atoms with van der Waals surface area (Å²) in [4.78, 5) is 46.7. The lowest BCUT2D eigenvalue weighted by Crippen LogP contribution is -2.32. The number of carbonyl (C=O) groups is 4. The third-order valence-corrected chi connectivity index (χ3v) is 4.01. The molecule has 22 heavy (non-hydrogen) atoms. The normalized spacial score (nSPS) is 19.0. The first-order valence-corrected chi connectivity index (χ1v) is 7.52. The van der Waals surface area contributed by atoms with Gasteiger partial charge in [-0.25, -0.2) is 0 Å². The maximum Gasteiger partial charge on any atom is 0.306 e. The summed E-state index contributed by atoms with van der Waals surface area (Å²) in [6.45, 7) is 6.82. The predicted octanol–water partition coefficient (Wildman–Crippen LogP) is 2.72. The van der Waals surface area contributed by atoms with Gasteiger partial charge in [-0.3, -0.25) is 14.4 Å². The number of rotatable bonds is 6. The zero-order chi connectivity index (χ0) is 17.1. The number of ketones is 3. The minimum atomic E-state index is -1.00. The van der Waals surface area contributed by atoms with Crippen molar-refractivity contribution in [2.75, 3.05) is 0 Å². The van der Waals surface area contributed by atoms with Gasteiger partial charge in [-0.15, -0.1) is 0 Å². The van der Waals surface area contributed by atoms with E-state index < -0.39 is 11.9 Å². The Morgan fingerprint density at radius 1 is 1.14 bits per heavy atom. The van der Waals surface area contributed by atoms with Crippen LogP contribution in [0.4, 0.5) is 0 Å². The van der Waals surface area contributed by atoms with Crippen molar-refractivity contribution >= 4 is 23.3 Å². The quantitative estimate of drug-likeness (QED) is 0.602. The number of carboxylic acids is 1. The molecule has 122 valence electrons. The Bertz CT molecular complexity index is 517. The van der Waals surface area contributed by atoms with Crippen molar-refractivity contribution in [3.63, 3.8) is 0 Å². The Kier molecular flexibility index (Phi) is 5.80. The Morgan fingerprint density at radius 3 is 2.05 bits per heavy atom. The summed E-state index contributed by atoms with van der Waals surface area (Å²) in [6.07, 6.45) is 1.15. The van der Waals surface area contributed by atoms with Gasteiger partial charge in [0.25, 0.3) is 0 Å². The maximum atomic E-state index is 12.2. The molecule has 0 aromatic rings. The molecule has 1 atom stereocenters. The zero-order valence-corrected chi connectivity index (χ0v) is 13.7. The molecule has 5 heteroatoms. The molecule has 1 N–H and O–H groups in total. The van der Waals surface area contributed by atoms with Gasteiger partial charge in [0.1, 0.15) is 5.78 Å². The average molecular weight is 308 g/mol. The highest BCUT2D eigenvalue weighted by molar-refractivity contribution is 6.22. The van der Waals surface area contributed by atoms with Crippen LogP contribution in [0, 0.1) is 11.3 Å². The van der Waals surface area contributed by atoms with E-state index in [0.29, 0.717) is 18.4 Å². The molecule has 1 aliphatic rings. The molecule has 5 nitrogen and oxygen atoms in total. The molecular formula is C17H24O5. The monoisotopic (exact) mass is 308 g/mol. The third kappa shape index (κ3) is 4.90. The average Bonchev–Trinajstić information content (AvgIpc) is 2.30. The summed E-state index contributed by atoms with van der Waals surface area (Å²) in [6, 6.07) is 0. The van der Waals surface area contributed by atoms with Gasteiger partial charge in [-0.1, -0.05) is 19.4 Å². The molecule has 0 bridgehead atoms. The van der Waals surface area contributed by atoms with Crippen LogP contribution in [0.3, 0.4) is 0 Å². The molecule has 0 unspecified atom stereocenters. The smallest absolute Gasteiger partial charge is 0.306 e. The lowest BCUT2D eigenvalue weighted by Gasteiger charge is -2.29. The van der Waals surface area contributed by atoms with E-state index in [2.05, 4.69) is 0 Å². The Hall–Kier alpha value is -1.78. The van der Waals surface area contributed by atoms with Gasteiger partial charge in [0.2, 0.25) is 0 Å². The predicted molar refractivity (Wildman–Crippen MR) is 81.4 cm³/mol. The standard InChI is InChI=1S/C17H24O5/c1-10(7-12(16(21)22)6-5-11(2)18)15-13(19)8-17(3,4)9-14(15)20/h12H,5-9H2,1-4H3,(H,21,22)/t12-/m1/s1. The molecular weight excluding hydrogens is 284 g/mol. The first-order valence-electron chi connectivity index (χ1n) is 7.52. The van der Waals surface area contributed by atoms with E-state index in [0.717, 1.165) is 0 Å². The van der Waals surface area contributed by atoms with Gasteiger partial charge in [-0.2, -0.15) is 0 Å². The number of aliphatic carboxylic acids is 1. The largest absolute Gasteiger partial charge is 0.481 e. The Morgan fingerprint density at radius 2 is 1.64 bits per heavy atom. The Balaban J connectivity index is 2.93. The van der Waals surface area contributed by atoms with Crippen LogP contribution >= 0.6 is 0 Å². The molecule has 1 aliphatic carbocycles. The number of allylic oxidation sites excluding steroid dienone is 2. The summed E-state index contributed by atoms with van der Waals surface area (Å²) in [5.74, 6) is -2.21. The van der Waals surface area contributed by atoms with Gasteiger partial charge in [-0.05, 0) is 32.1 Å². The SMILES string of the molecule is CC(=O)CC[C@H](CC(C)=C1C(=O)CC(C)(C)CC1=O)C(=O)O. The van der Waals surface area contributed by atoms with Gasteiger partial charge < -0.3 is 9.90 Å².